The second kappa shape index (κ2) is 8.27. The first kappa shape index (κ1) is 18.3. The quantitative estimate of drug-likeness (QED) is 0.665. The summed E-state index contributed by atoms with van der Waals surface area (Å²) >= 11 is 0. The predicted octanol–water partition coefficient (Wildman–Crippen LogP) is 5.06. The van der Waals surface area contributed by atoms with Crippen LogP contribution in [0.1, 0.15) is 15.9 Å². The summed E-state index contributed by atoms with van der Waals surface area (Å²) < 4.78 is 16.4. The van der Waals surface area contributed by atoms with Crippen molar-refractivity contribution in [2.75, 3.05) is 19.5 Å². The van der Waals surface area contributed by atoms with Gasteiger partial charge in [-0.2, -0.15) is 0 Å². The number of methoxy groups -OCH3 is 2. The van der Waals surface area contributed by atoms with Crippen molar-refractivity contribution < 1.29 is 19.0 Å². The summed E-state index contributed by atoms with van der Waals surface area (Å²) in [7, 11) is 3.16. The molecule has 138 valence electrons. The highest BCUT2D eigenvalue weighted by Gasteiger charge is 2.12. The lowest BCUT2D eigenvalue weighted by Gasteiger charge is -2.13. The maximum atomic E-state index is 12.5. The Kier molecular flexibility index (Phi) is 5.61. The van der Waals surface area contributed by atoms with Gasteiger partial charge < -0.3 is 19.5 Å². The van der Waals surface area contributed by atoms with Crippen molar-refractivity contribution in [2.24, 2.45) is 0 Å². The van der Waals surface area contributed by atoms with Gasteiger partial charge in [0.25, 0.3) is 5.91 Å². The molecule has 0 heterocycles. The van der Waals surface area contributed by atoms with Crippen molar-refractivity contribution >= 4 is 11.6 Å². The predicted molar refractivity (Wildman–Crippen MR) is 105 cm³/mol. The molecule has 0 aromatic heterocycles. The van der Waals surface area contributed by atoms with Crippen LogP contribution in [0.2, 0.25) is 0 Å². The lowest BCUT2D eigenvalue weighted by atomic mass is 10.1. The van der Waals surface area contributed by atoms with Gasteiger partial charge in [-0.05, 0) is 43.3 Å². The van der Waals surface area contributed by atoms with Crippen LogP contribution >= 0.6 is 0 Å². The molecule has 0 saturated heterocycles. The zero-order valence-corrected chi connectivity index (χ0v) is 15.5. The number of ether oxygens (including phenoxy) is 3. The third-order valence-electron chi connectivity index (χ3n) is 4.11. The first-order valence-electron chi connectivity index (χ1n) is 8.47. The summed E-state index contributed by atoms with van der Waals surface area (Å²) in [5.41, 5.74) is 2.00. The average Bonchev–Trinajstić information content (AvgIpc) is 2.70. The summed E-state index contributed by atoms with van der Waals surface area (Å²) in [5.74, 6) is 2.48. The number of carbonyl (C=O) groups is 1. The fourth-order valence-corrected chi connectivity index (χ4v) is 2.66. The van der Waals surface area contributed by atoms with Gasteiger partial charge in [-0.3, -0.25) is 4.79 Å². The van der Waals surface area contributed by atoms with E-state index in [4.69, 9.17) is 14.2 Å². The highest BCUT2D eigenvalue weighted by atomic mass is 16.5. The van der Waals surface area contributed by atoms with Crippen LogP contribution in [-0.4, -0.2) is 20.1 Å². The van der Waals surface area contributed by atoms with Gasteiger partial charge in [0.2, 0.25) is 0 Å². The van der Waals surface area contributed by atoms with Gasteiger partial charge in [0.1, 0.15) is 23.0 Å². The number of hydrogen-bond donors (Lipinski definition) is 1. The molecule has 3 rings (SSSR count). The molecule has 0 bridgehead atoms. The van der Waals surface area contributed by atoms with E-state index in [-0.39, 0.29) is 5.91 Å². The lowest BCUT2D eigenvalue weighted by molar-refractivity contribution is 0.102. The van der Waals surface area contributed by atoms with Crippen LogP contribution in [0.3, 0.4) is 0 Å². The Bertz CT molecular complexity index is 896. The SMILES string of the molecule is COc1cc(NC(=O)c2ccc(Oc3ccccc3)cc2)cc(OC)c1C. The molecule has 1 amide bonds. The minimum Gasteiger partial charge on any atom is -0.496 e. The number of nitrogens with one attached hydrogen (secondary N) is 1. The van der Waals surface area contributed by atoms with Gasteiger partial charge >= 0.3 is 0 Å². The van der Waals surface area contributed by atoms with Gasteiger partial charge in [-0.1, -0.05) is 18.2 Å². The number of rotatable bonds is 6. The van der Waals surface area contributed by atoms with Crippen LogP contribution < -0.4 is 19.5 Å². The molecule has 0 radical (unpaired) electrons. The summed E-state index contributed by atoms with van der Waals surface area (Å²) in [5, 5.41) is 2.86. The van der Waals surface area contributed by atoms with Crippen molar-refractivity contribution in [3.63, 3.8) is 0 Å². The van der Waals surface area contributed by atoms with Crippen LogP contribution in [0.4, 0.5) is 5.69 Å². The Hall–Kier alpha value is -3.47. The van der Waals surface area contributed by atoms with E-state index in [1.54, 1.807) is 50.6 Å². The first-order chi connectivity index (χ1) is 13.1. The Morgan fingerprint density at radius 2 is 1.37 bits per heavy atom. The third kappa shape index (κ3) is 4.39. The van der Waals surface area contributed by atoms with E-state index in [1.807, 2.05) is 37.3 Å². The molecular formula is C22H21NO4. The molecule has 27 heavy (non-hydrogen) atoms. The largest absolute Gasteiger partial charge is 0.496 e. The number of para-hydroxylation sites is 1. The van der Waals surface area contributed by atoms with E-state index in [1.165, 1.54) is 0 Å². The van der Waals surface area contributed by atoms with Crippen molar-refractivity contribution in [1.29, 1.82) is 0 Å². The molecule has 0 aliphatic rings. The number of carbonyl (C=O) groups excluding carboxylic acids is 1. The molecule has 0 atom stereocenters. The second-order valence-electron chi connectivity index (χ2n) is 5.90. The van der Waals surface area contributed by atoms with Gasteiger partial charge in [-0.15, -0.1) is 0 Å². The maximum Gasteiger partial charge on any atom is 0.255 e. The molecule has 5 nitrogen and oxygen atoms in total. The molecule has 0 aliphatic carbocycles. The Balaban J connectivity index is 1.73. The summed E-state index contributed by atoms with van der Waals surface area (Å²) in [6.45, 7) is 1.90. The smallest absolute Gasteiger partial charge is 0.255 e. The third-order valence-corrected chi connectivity index (χ3v) is 4.11. The summed E-state index contributed by atoms with van der Waals surface area (Å²) in [4.78, 5) is 12.5. The van der Waals surface area contributed by atoms with Gasteiger partial charge in [0.05, 0.1) is 14.2 Å². The number of anilines is 1. The highest BCUT2D eigenvalue weighted by Crippen LogP contribution is 2.32. The van der Waals surface area contributed by atoms with Crippen LogP contribution in [0.15, 0.2) is 66.7 Å². The van der Waals surface area contributed by atoms with Gasteiger partial charge in [0, 0.05) is 28.9 Å². The topological polar surface area (TPSA) is 56.8 Å². The molecule has 3 aromatic carbocycles. The van der Waals surface area contributed by atoms with E-state index < -0.39 is 0 Å². The van der Waals surface area contributed by atoms with Crippen molar-refractivity contribution in [3.05, 3.63) is 77.9 Å². The van der Waals surface area contributed by atoms with E-state index in [9.17, 15) is 4.79 Å². The van der Waals surface area contributed by atoms with Crippen LogP contribution in [0.5, 0.6) is 23.0 Å². The second-order valence-corrected chi connectivity index (χ2v) is 5.90. The van der Waals surface area contributed by atoms with Gasteiger partial charge in [-0.25, -0.2) is 0 Å². The Morgan fingerprint density at radius 1 is 0.815 bits per heavy atom. The molecule has 0 spiro atoms. The van der Waals surface area contributed by atoms with Crippen molar-refractivity contribution in [2.45, 2.75) is 6.92 Å². The zero-order valence-electron chi connectivity index (χ0n) is 15.5. The van der Waals surface area contributed by atoms with Gasteiger partial charge in [0.15, 0.2) is 0 Å². The number of benzene rings is 3. The fourth-order valence-electron chi connectivity index (χ4n) is 2.66. The van der Waals surface area contributed by atoms with Crippen molar-refractivity contribution in [3.8, 4) is 23.0 Å². The normalized spacial score (nSPS) is 10.2. The molecule has 0 unspecified atom stereocenters. The minimum absolute atomic E-state index is 0.228. The van der Waals surface area contributed by atoms with E-state index in [0.717, 1.165) is 11.3 Å². The number of hydrogen-bond acceptors (Lipinski definition) is 4. The maximum absolute atomic E-state index is 12.5. The van der Waals surface area contributed by atoms with Crippen LogP contribution in [0.25, 0.3) is 0 Å². The molecule has 5 heteroatoms. The molecule has 0 aliphatic heterocycles. The zero-order chi connectivity index (χ0) is 19.2. The first-order valence-corrected chi connectivity index (χ1v) is 8.47. The van der Waals surface area contributed by atoms with E-state index >= 15 is 0 Å². The molecule has 3 aromatic rings. The summed E-state index contributed by atoms with van der Waals surface area (Å²) in [6, 6.07) is 20.0. The fraction of sp³-hybridized carbons (Fsp3) is 0.136. The molecule has 0 fully saturated rings. The molecular weight excluding hydrogens is 342 g/mol. The monoisotopic (exact) mass is 363 g/mol. The van der Waals surface area contributed by atoms with E-state index in [0.29, 0.717) is 28.5 Å². The molecule has 1 N–H and O–H groups in total. The minimum atomic E-state index is -0.228. The standard InChI is InChI=1S/C22H21NO4/c1-15-20(25-2)13-17(14-21(15)26-3)23-22(24)16-9-11-19(12-10-16)27-18-7-5-4-6-8-18/h4-14H,1-3H3,(H,23,24). The average molecular weight is 363 g/mol. The Labute approximate surface area is 158 Å². The van der Waals surface area contributed by atoms with Crippen LogP contribution in [0, 0.1) is 6.92 Å². The summed E-state index contributed by atoms with van der Waals surface area (Å²) in [6.07, 6.45) is 0. The highest BCUT2D eigenvalue weighted by molar-refractivity contribution is 6.04. The number of amides is 1. The molecule has 0 saturated carbocycles. The van der Waals surface area contributed by atoms with Crippen LogP contribution in [-0.2, 0) is 0 Å². The van der Waals surface area contributed by atoms with Crippen molar-refractivity contribution in [1.82, 2.24) is 0 Å². The lowest BCUT2D eigenvalue weighted by Crippen LogP contribution is -2.12. The Morgan fingerprint density at radius 3 is 1.93 bits per heavy atom. The van der Waals surface area contributed by atoms with E-state index in [2.05, 4.69) is 5.32 Å².